The van der Waals surface area contributed by atoms with Crippen LogP contribution in [0.2, 0.25) is 0 Å². The van der Waals surface area contributed by atoms with Gasteiger partial charge in [-0.2, -0.15) is 0 Å². The summed E-state index contributed by atoms with van der Waals surface area (Å²) in [7, 11) is 0. The van der Waals surface area contributed by atoms with Gasteiger partial charge in [0.2, 0.25) is 0 Å². The van der Waals surface area contributed by atoms with Crippen LogP contribution < -0.4 is 34.7 Å². The van der Waals surface area contributed by atoms with Crippen LogP contribution in [0.15, 0.2) is 0 Å². The van der Waals surface area contributed by atoms with Gasteiger partial charge < -0.3 is 20.1 Å². The molecule has 0 aromatic heterocycles. The molecule has 0 saturated heterocycles. The molecule has 60 valence electrons. The summed E-state index contributed by atoms with van der Waals surface area (Å²) in [4.78, 5) is 9.94. The van der Waals surface area contributed by atoms with Crippen molar-refractivity contribution < 1.29 is 49.7 Å². The third kappa shape index (κ3) is 8.29. The molecule has 0 aliphatic heterocycles. The Balaban J connectivity index is 0. The van der Waals surface area contributed by atoms with E-state index in [1.807, 2.05) is 0 Å². The van der Waals surface area contributed by atoms with Gasteiger partial charge in [0, 0.05) is 19.0 Å². The molecule has 0 aliphatic carbocycles. The quantitative estimate of drug-likeness (QED) is 0.417. The standard InChI is InChI=1S/C6H12O4.Na/c1-6(10,2-3-7)4-5(8)9;/h7,10H,2-4H2,1H3,(H,8,9);/q;+1/p-1/i4+2;. The second-order valence-electron chi connectivity index (χ2n) is 2.52. The van der Waals surface area contributed by atoms with Crippen LogP contribution in [0.3, 0.4) is 0 Å². The predicted molar refractivity (Wildman–Crippen MR) is 32.0 cm³/mol. The van der Waals surface area contributed by atoms with Gasteiger partial charge in [0.1, 0.15) is 0 Å². The Hall–Kier alpha value is 0.390. The molecule has 0 spiro atoms. The zero-order chi connectivity index (χ0) is 8.20. The van der Waals surface area contributed by atoms with Gasteiger partial charge in [-0.3, -0.25) is 0 Å². The Morgan fingerprint density at radius 1 is 1.73 bits per heavy atom. The Labute approximate surface area is 87.5 Å². The Bertz CT molecular complexity index is 124. The van der Waals surface area contributed by atoms with E-state index >= 15 is 0 Å². The number of aliphatic carboxylic acids is 1. The molecule has 0 radical (unpaired) electrons. The molecule has 11 heavy (non-hydrogen) atoms. The first-order valence-corrected chi connectivity index (χ1v) is 3.01. The van der Waals surface area contributed by atoms with Gasteiger partial charge in [-0.05, 0) is 13.3 Å². The van der Waals surface area contributed by atoms with Crippen LogP contribution in [-0.4, -0.2) is 28.4 Å². The van der Waals surface area contributed by atoms with Crippen molar-refractivity contribution in [2.45, 2.75) is 25.4 Å². The molecular weight excluding hydrogens is 161 g/mol. The molecule has 1 atom stereocenters. The van der Waals surface area contributed by atoms with Crippen molar-refractivity contribution in [2.75, 3.05) is 6.61 Å². The maximum absolute atomic E-state index is 9.94. The zero-order valence-electron chi connectivity index (χ0n) is 6.83. The van der Waals surface area contributed by atoms with Crippen LogP contribution in [0.25, 0.3) is 0 Å². The van der Waals surface area contributed by atoms with E-state index in [1.165, 1.54) is 6.92 Å². The second-order valence-corrected chi connectivity index (χ2v) is 2.52. The minimum absolute atomic E-state index is 0. The van der Waals surface area contributed by atoms with Crippen LogP contribution >= 0.6 is 0 Å². The summed E-state index contributed by atoms with van der Waals surface area (Å²) in [5.41, 5.74) is -1.34. The van der Waals surface area contributed by atoms with Crippen molar-refractivity contribution in [1.82, 2.24) is 0 Å². The fourth-order valence-electron chi connectivity index (χ4n) is 0.640. The number of carboxylic acids is 1. The van der Waals surface area contributed by atoms with E-state index in [9.17, 15) is 9.90 Å². The van der Waals surface area contributed by atoms with Crippen molar-refractivity contribution in [1.29, 1.82) is 0 Å². The first-order valence-electron chi connectivity index (χ1n) is 3.01. The molecule has 0 saturated carbocycles. The van der Waals surface area contributed by atoms with Crippen molar-refractivity contribution in [2.24, 2.45) is 0 Å². The molecule has 0 fully saturated rings. The van der Waals surface area contributed by atoms with E-state index in [0.717, 1.165) is 0 Å². The van der Waals surface area contributed by atoms with E-state index in [4.69, 9.17) is 10.2 Å². The van der Waals surface area contributed by atoms with E-state index in [0.29, 0.717) is 0 Å². The van der Waals surface area contributed by atoms with Gasteiger partial charge in [-0.1, -0.05) is 0 Å². The smallest absolute Gasteiger partial charge is 0.550 e. The molecule has 0 aliphatic rings. The van der Waals surface area contributed by atoms with E-state index < -0.39 is 18.0 Å². The van der Waals surface area contributed by atoms with Crippen LogP contribution in [0.5, 0.6) is 0 Å². The summed E-state index contributed by atoms with van der Waals surface area (Å²) in [5, 5.41) is 27.4. The summed E-state index contributed by atoms with van der Waals surface area (Å²) < 4.78 is 0. The van der Waals surface area contributed by atoms with Gasteiger partial charge in [0.25, 0.3) is 0 Å². The number of aliphatic hydroxyl groups excluding tert-OH is 1. The van der Waals surface area contributed by atoms with Crippen LogP contribution in [-0.2, 0) is 4.79 Å². The molecule has 0 aromatic rings. The Kier molecular flexibility index (Phi) is 7.57. The normalized spacial score (nSPS) is 14.8. The van der Waals surface area contributed by atoms with Crippen LogP contribution in [0.1, 0.15) is 19.8 Å². The minimum Gasteiger partial charge on any atom is -0.550 e. The van der Waals surface area contributed by atoms with Gasteiger partial charge in [-0.15, -0.1) is 0 Å². The number of carboxylic acid groups (broad SMARTS) is 1. The Morgan fingerprint density at radius 2 is 2.18 bits per heavy atom. The molecule has 0 aromatic carbocycles. The number of aliphatic hydroxyl groups is 2. The molecule has 1 unspecified atom stereocenters. The summed E-state index contributed by atoms with van der Waals surface area (Å²) in [5.74, 6) is -1.31. The number of hydrogen-bond acceptors (Lipinski definition) is 4. The molecular formula is C6H11NaO4. The third-order valence-corrected chi connectivity index (χ3v) is 1.18. The molecule has 4 nitrogen and oxygen atoms in total. The molecule has 0 rings (SSSR count). The van der Waals surface area contributed by atoms with Gasteiger partial charge in [0.15, 0.2) is 0 Å². The topological polar surface area (TPSA) is 80.6 Å². The number of carbonyl (C=O) groups excluding carboxylic acids is 1. The van der Waals surface area contributed by atoms with Crippen molar-refractivity contribution >= 4 is 5.97 Å². The number of rotatable bonds is 4. The molecule has 0 heterocycles. The maximum Gasteiger partial charge on any atom is 1.00 e. The zero-order valence-corrected chi connectivity index (χ0v) is 8.83. The summed E-state index contributed by atoms with van der Waals surface area (Å²) >= 11 is 0. The van der Waals surface area contributed by atoms with Gasteiger partial charge >= 0.3 is 29.6 Å². The van der Waals surface area contributed by atoms with Crippen LogP contribution in [0.4, 0.5) is 0 Å². The maximum atomic E-state index is 9.94. The fourth-order valence-corrected chi connectivity index (χ4v) is 0.640. The minimum atomic E-state index is -1.34. The number of carbonyl (C=O) groups is 1. The number of hydrogen-bond donors (Lipinski definition) is 2. The molecule has 0 amide bonds. The molecule has 5 heteroatoms. The van der Waals surface area contributed by atoms with E-state index in [-0.39, 0.29) is 42.6 Å². The van der Waals surface area contributed by atoms with Gasteiger partial charge in [0.05, 0.1) is 5.60 Å². The van der Waals surface area contributed by atoms with Crippen molar-refractivity contribution in [3.63, 3.8) is 0 Å². The second kappa shape index (κ2) is 5.97. The van der Waals surface area contributed by atoms with E-state index in [1.54, 1.807) is 0 Å². The van der Waals surface area contributed by atoms with Gasteiger partial charge in [-0.25, -0.2) is 0 Å². The summed E-state index contributed by atoms with van der Waals surface area (Å²) in [6, 6.07) is 0. The van der Waals surface area contributed by atoms with Crippen LogP contribution in [0, 0.1) is 0 Å². The first kappa shape index (κ1) is 13.9. The first-order chi connectivity index (χ1) is 4.48. The largest absolute Gasteiger partial charge is 1.00 e. The monoisotopic (exact) mass is 172 g/mol. The Morgan fingerprint density at radius 3 is 2.45 bits per heavy atom. The molecule has 0 bridgehead atoms. The van der Waals surface area contributed by atoms with Crippen molar-refractivity contribution in [3.05, 3.63) is 0 Å². The average molecular weight is 172 g/mol. The SMILES string of the molecule is CC(O)(CCO)[14CH2]C(=O)[O-].[Na+]. The summed E-state index contributed by atoms with van der Waals surface area (Å²) in [6.07, 6.45) is -0.380. The molecule has 2 N–H and O–H groups in total. The summed E-state index contributed by atoms with van der Waals surface area (Å²) in [6.45, 7) is 1.12. The van der Waals surface area contributed by atoms with E-state index in [2.05, 4.69) is 0 Å². The third-order valence-electron chi connectivity index (χ3n) is 1.18. The fraction of sp³-hybridized carbons (Fsp3) is 0.833. The average Bonchev–Trinajstić information content (AvgIpc) is 1.59. The van der Waals surface area contributed by atoms with Crippen molar-refractivity contribution in [3.8, 4) is 0 Å². The predicted octanol–water partition coefficient (Wildman–Crippen LogP) is -4.74.